The monoisotopic (exact) mass is 420 g/mol. The van der Waals surface area contributed by atoms with Crippen molar-refractivity contribution in [3.8, 4) is 0 Å². The Morgan fingerprint density at radius 2 is 1.83 bits per heavy atom. The number of carbonyl (C=O) groups excluding carboxylic acids is 2. The van der Waals surface area contributed by atoms with Crippen molar-refractivity contribution >= 4 is 23.5 Å². The predicted molar refractivity (Wildman–Crippen MR) is 112 cm³/mol. The third kappa shape index (κ3) is 3.45. The number of halogens is 1. The van der Waals surface area contributed by atoms with Crippen molar-refractivity contribution in [3.05, 3.63) is 23.3 Å². The molecule has 0 amide bonds. The summed E-state index contributed by atoms with van der Waals surface area (Å²) in [5.74, 6) is 1.38. The molecule has 4 rings (SSSR count). The second-order valence-corrected chi connectivity index (χ2v) is 10.1. The highest BCUT2D eigenvalue weighted by molar-refractivity contribution is 6.25. The van der Waals surface area contributed by atoms with Gasteiger partial charge in [-0.05, 0) is 62.7 Å². The Labute approximate surface area is 179 Å². The van der Waals surface area contributed by atoms with Crippen LogP contribution < -0.4 is 0 Å². The Bertz CT molecular complexity index is 743. The van der Waals surface area contributed by atoms with Crippen molar-refractivity contribution in [2.45, 2.75) is 84.3 Å². The topological polar surface area (TPSA) is 52.6 Å². The lowest BCUT2D eigenvalue weighted by atomic mass is 9.47. The molecule has 0 aromatic rings. The summed E-state index contributed by atoms with van der Waals surface area (Å²) in [6.07, 6.45) is 12.8. The Kier molecular flexibility index (Phi) is 5.61. The number of fused-ring (bicyclic) bond motifs is 5. The zero-order chi connectivity index (χ0) is 20.8. The molecule has 0 aromatic carbocycles. The Morgan fingerprint density at radius 1 is 1.07 bits per heavy atom. The average molecular weight is 421 g/mol. The van der Waals surface area contributed by atoms with E-state index in [1.165, 1.54) is 19.4 Å². The number of hydrogen-bond donors (Lipinski definition) is 0. The van der Waals surface area contributed by atoms with Crippen LogP contribution >= 0.6 is 11.6 Å². The number of rotatable bonds is 3. The molecule has 3 fully saturated rings. The first kappa shape index (κ1) is 21.0. The highest BCUT2D eigenvalue weighted by atomic mass is 35.5. The molecule has 4 aliphatic rings. The van der Waals surface area contributed by atoms with E-state index in [0.29, 0.717) is 17.8 Å². The van der Waals surface area contributed by atoms with Gasteiger partial charge in [0.15, 0.2) is 0 Å². The van der Waals surface area contributed by atoms with Gasteiger partial charge in [-0.2, -0.15) is 0 Å². The Hall–Kier alpha value is -1.29. The second-order valence-electron chi connectivity index (χ2n) is 9.87. The first-order valence-electron chi connectivity index (χ1n) is 11.1. The van der Waals surface area contributed by atoms with Gasteiger partial charge < -0.3 is 9.47 Å². The zero-order valence-electron chi connectivity index (χ0n) is 17.8. The fourth-order valence-electron chi connectivity index (χ4n) is 7.44. The summed E-state index contributed by atoms with van der Waals surface area (Å²) in [7, 11) is 0. The molecule has 0 N–H and O–H groups in total. The minimum Gasteiger partial charge on any atom is -0.462 e. The van der Waals surface area contributed by atoms with E-state index in [1.807, 2.05) is 0 Å². The van der Waals surface area contributed by atoms with Crippen LogP contribution in [0.15, 0.2) is 23.3 Å². The van der Waals surface area contributed by atoms with E-state index >= 15 is 0 Å². The molecule has 3 unspecified atom stereocenters. The molecule has 3 saturated carbocycles. The highest BCUT2D eigenvalue weighted by Crippen LogP contribution is 2.65. The van der Waals surface area contributed by atoms with Gasteiger partial charge in [0.2, 0.25) is 0 Å². The summed E-state index contributed by atoms with van der Waals surface area (Å²) >= 11 is 6.17. The zero-order valence-corrected chi connectivity index (χ0v) is 18.5. The Balaban J connectivity index is 1.62. The number of esters is 2. The van der Waals surface area contributed by atoms with Crippen molar-refractivity contribution in [1.29, 1.82) is 0 Å². The van der Waals surface area contributed by atoms with E-state index in [0.717, 1.165) is 51.4 Å². The second kappa shape index (κ2) is 7.76. The van der Waals surface area contributed by atoms with E-state index in [-0.39, 0.29) is 35.0 Å². The van der Waals surface area contributed by atoms with Crippen molar-refractivity contribution in [1.82, 2.24) is 0 Å². The molecule has 0 saturated heterocycles. The molecule has 4 nitrogen and oxygen atoms in total. The molecule has 0 heterocycles. The van der Waals surface area contributed by atoms with E-state index in [1.54, 1.807) is 5.54 Å². The van der Waals surface area contributed by atoms with Gasteiger partial charge in [-0.3, -0.25) is 9.59 Å². The van der Waals surface area contributed by atoms with E-state index in [9.17, 15) is 9.59 Å². The standard InChI is InChI=1S/C24H33ClO4/c1-15(26)28-18-8-11-24(12-13-25)17(14-18)4-5-19-20-6-7-22(29-16(2)27)23(20,3)10-9-21(19)24/h4,12-13,18-22H,5-11,14H2,1-3H3/b13-12+/t18-,19?,20?,21?,22-,23-,24+/m0/s1. The number of carbonyl (C=O) groups is 2. The van der Waals surface area contributed by atoms with Crippen molar-refractivity contribution in [2.24, 2.45) is 28.6 Å². The maximum absolute atomic E-state index is 11.6. The lowest BCUT2D eigenvalue weighted by Crippen LogP contribution is -2.52. The van der Waals surface area contributed by atoms with Crippen LogP contribution in [-0.4, -0.2) is 24.1 Å². The van der Waals surface area contributed by atoms with E-state index in [4.69, 9.17) is 21.1 Å². The van der Waals surface area contributed by atoms with Gasteiger partial charge in [0.25, 0.3) is 0 Å². The van der Waals surface area contributed by atoms with Crippen LogP contribution in [0.4, 0.5) is 0 Å². The van der Waals surface area contributed by atoms with Crippen LogP contribution in [0.5, 0.6) is 0 Å². The van der Waals surface area contributed by atoms with Crippen LogP contribution in [-0.2, 0) is 19.1 Å². The lowest BCUT2D eigenvalue weighted by Gasteiger charge is -2.58. The summed E-state index contributed by atoms with van der Waals surface area (Å²) in [5.41, 5.74) is 3.18. The lowest BCUT2D eigenvalue weighted by molar-refractivity contribution is -0.156. The molecule has 0 spiro atoms. The molecule has 7 atom stereocenters. The summed E-state index contributed by atoms with van der Waals surface area (Å²) in [5, 5.41) is 0. The SMILES string of the molecule is CC(=O)O[C@H]1CC[C@@]2(/C=C/Cl)C(=CCC3C2CC[C@@]2(C)C3CC[C@@H]2OC(C)=O)C1. The van der Waals surface area contributed by atoms with Gasteiger partial charge in [0, 0.05) is 36.6 Å². The highest BCUT2D eigenvalue weighted by Gasteiger charge is 2.60. The minimum absolute atomic E-state index is 0.0117. The van der Waals surface area contributed by atoms with Crippen LogP contribution in [0.2, 0.25) is 0 Å². The first-order chi connectivity index (χ1) is 13.8. The van der Waals surface area contributed by atoms with Gasteiger partial charge in [-0.15, -0.1) is 0 Å². The van der Waals surface area contributed by atoms with Gasteiger partial charge in [0.1, 0.15) is 12.2 Å². The molecule has 4 aliphatic carbocycles. The largest absolute Gasteiger partial charge is 0.462 e. The molecule has 0 radical (unpaired) electrons. The molecule has 0 aliphatic heterocycles. The molecule has 0 aromatic heterocycles. The van der Waals surface area contributed by atoms with Crippen LogP contribution in [0, 0.1) is 28.6 Å². The number of hydrogen-bond acceptors (Lipinski definition) is 4. The van der Waals surface area contributed by atoms with E-state index in [2.05, 4.69) is 19.1 Å². The summed E-state index contributed by atoms with van der Waals surface area (Å²) < 4.78 is 11.3. The minimum atomic E-state index is -0.194. The summed E-state index contributed by atoms with van der Waals surface area (Å²) in [6.45, 7) is 5.36. The first-order valence-corrected chi connectivity index (χ1v) is 11.6. The predicted octanol–water partition coefficient (Wildman–Crippen LogP) is 5.55. The molecule has 160 valence electrons. The molecule has 5 heteroatoms. The normalized spacial score (nSPS) is 43.7. The van der Waals surface area contributed by atoms with Crippen molar-refractivity contribution in [2.75, 3.05) is 0 Å². The average Bonchev–Trinajstić information content (AvgIpc) is 2.97. The van der Waals surface area contributed by atoms with Crippen molar-refractivity contribution in [3.63, 3.8) is 0 Å². The smallest absolute Gasteiger partial charge is 0.302 e. The molecule has 0 bridgehead atoms. The molecular weight excluding hydrogens is 388 g/mol. The third-order valence-corrected chi connectivity index (χ3v) is 8.70. The van der Waals surface area contributed by atoms with Gasteiger partial charge >= 0.3 is 11.9 Å². The fourth-order valence-corrected chi connectivity index (χ4v) is 7.66. The van der Waals surface area contributed by atoms with Crippen LogP contribution in [0.3, 0.4) is 0 Å². The fraction of sp³-hybridized carbons (Fsp3) is 0.750. The number of ether oxygens (including phenoxy) is 2. The maximum Gasteiger partial charge on any atom is 0.302 e. The quantitative estimate of drug-likeness (QED) is 0.444. The maximum atomic E-state index is 11.6. The van der Waals surface area contributed by atoms with Crippen LogP contribution in [0.1, 0.15) is 72.1 Å². The van der Waals surface area contributed by atoms with Gasteiger partial charge in [0.05, 0.1) is 0 Å². The van der Waals surface area contributed by atoms with E-state index < -0.39 is 0 Å². The number of allylic oxidation sites excluding steroid dienone is 2. The van der Waals surface area contributed by atoms with Gasteiger partial charge in [-0.1, -0.05) is 36.2 Å². The van der Waals surface area contributed by atoms with Crippen LogP contribution in [0.25, 0.3) is 0 Å². The molecular formula is C24H33ClO4. The third-order valence-electron chi connectivity index (χ3n) is 8.57. The summed E-state index contributed by atoms with van der Waals surface area (Å²) in [4.78, 5) is 23.1. The molecule has 29 heavy (non-hydrogen) atoms. The van der Waals surface area contributed by atoms with Crippen molar-refractivity contribution < 1.29 is 19.1 Å². The summed E-state index contributed by atoms with van der Waals surface area (Å²) in [6, 6.07) is 0. The van der Waals surface area contributed by atoms with Gasteiger partial charge in [-0.25, -0.2) is 0 Å². The Morgan fingerprint density at radius 3 is 2.52 bits per heavy atom.